The molecule has 0 saturated carbocycles. The van der Waals surface area contributed by atoms with E-state index in [9.17, 15) is 9.59 Å². The second-order valence-corrected chi connectivity index (χ2v) is 9.75. The summed E-state index contributed by atoms with van der Waals surface area (Å²) in [5.74, 6) is -0.806. The van der Waals surface area contributed by atoms with E-state index in [1.54, 1.807) is 0 Å². The number of hydrogen-bond acceptors (Lipinski definition) is 4. The van der Waals surface area contributed by atoms with Crippen molar-refractivity contribution in [2.75, 3.05) is 42.9 Å². The number of ketones is 1. The van der Waals surface area contributed by atoms with Crippen LogP contribution in [0.5, 0.6) is 0 Å². The molecule has 2 aromatic rings. The Kier molecular flexibility index (Phi) is 7.03. The van der Waals surface area contributed by atoms with Gasteiger partial charge < -0.3 is 14.8 Å². The normalized spacial score (nSPS) is 16.5. The number of nitrogens with one attached hydrogen (secondary N) is 1. The van der Waals surface area contributed by atoms with Crippen LogP contribution in [0.4, 0.5) is 11.4 Å². The molecule has 0 spiro atoms. The first-order valence-electron chi connectivity index (χ1n) is 12.1. The van der Waals surface area contributed by atoms with Crippen molar-refractivity contribution in [3.63, 3.8) is 0 Å². The van der Waals surface area contributed by atoms with Gasteiger partial charge >= 0.3 is 0 Å². The minimum atomic E-state index is -0.565. The third-order valence-corrected chi connectivity index (χ3v) is 6.68. The van der Waals surface area contributed by atoms with E-state index >= 15 is 0 Å². The van der Waals surface area contributed by atoms with E-state index in [-0.39, 0.29) is 5.92 Å². The van der Waals surface area contributed by atoms with Gasteiger partial charge in [-0.1, -0.05) is 26.0 Å². The Bertz CT molecular complexity index is 1030. The second-order valence-electron chi connectivity index (χ2n) is 9.75. The second kappa shape index (κ2) is 9.96. The number of aryl methyl sites for hydroxylation is 1. The number of Topliss-reactive ketones (excluding diaryl/α,β-unsaturated/α-hetero) is 1. The van der Waals surface area contributed by atoms with Crippen LogP contribution < -0.4 is 10.2 Å². The van der Waals surface area contributed by atoms with E-state index in [0.29, 0.717) is 11.4 Å². The van der Waals surface area contributed by atoms with E-state index in [1.807, 2.05) is 24.3 Å². The number of piperazine rings is 1. The van der Waals surface area contributed by atoms with Crippen LogP contribution in [0.3, 0.4) is 0 Å². The topological polar surface area (TPSA) is 57.6 Å². The Morgan fingerprint density at radius 1 is 1.03 bits per heavy atom. The Balaban J connectivity index is 1.41. The minimum absolute atomic E-state index is 0.199. The molecular formula is C27H36N4O2. The van der Waals surface area contributed by atoms with Gasteiger partial charge in [-0.2, -0.15) is 0 Å². The van der Waals surface area contributed by atoms with Crippen molar-refractivity contribution in [1.82, 2.24) is 9.47 Å². The Hall–Kier alpha value is -2.86. The fraction of sp³-hybridized carbons (Fsp3) is 0.481. The first kappa shape index (κ1) is 23.3. The van der Waals surface area contributed by atoms with Gasteiger partial charge in [0.25, 0.3) is 11.7 Å². The molecule has 1 saturated heterocycles. The molecular weight excluding hydrogens is 412 g/mol. The zero-order chi connectivity index (χ0) is 23.5. The summed E-state index contributed by atoms with van der Waals surface area (Å²) in [7, 11) is 0. The molecule has 4 rings (SSSR count). The van der Waals surface area contributed by atoms with Gasteiger partial charge in [0.15, 0.2) is 0 Å². The van der Waals surface area contributed by atoms with Gasteiger partial charge in [0.2, 0.25) is 0 Å². The number of carbonyl (C=O) groups excluding carboxylic acids is 2. The molecule has 6 nitrogen and oxygen atoms in total. The van der Waals surface area contributed by atoms with Crippen LogP contribution in [0.1, 0.15) is 61.3 Å². The van der Waals surface area contributed by atoms with Crippen molar-refractivity contribution in [1.29, 1.82) is 0 Å². The highest BCUT2D eigenvalue weighted by atomic mass is 16.2. The van der Waals surface area contributed by atoms with E-state index in [2.05, 4.69) is 53.1 Å². The highest BCUT2D eigenvalue weighted by Gasteiger charge is 2.28. The molecule has 0 radical (unpaired) electrons. The van der Waals surface area contributed by atoms with Gasteiger partial charge in [-0.15, -0.1) is 0 Å². The molecule has 1 N–H and O–H groups in total. The van der Waals surface area contributed by atoms with Gasteiger partial charge in [0.1, 0.15) is 0 Å². The summed E-state index contributed by atoms with van der Waals surface area (Å²) in [5, 5.41) is 2.82. The number of benzene rings is 1. The molecule has 176 valence electrons. The zero-order valence-electron chi connectivity index (χ0n) is 20.2. The first-order chi connectivity index (χ1) is 15.8. The maximum Gasteiger partial charge on any atom is 0.298 e. The number of carbonyl (C=O) groups is 2. The molecule has 2 aliphatic heterocycles. The van der Waals surface area contributed by atoms with Crippen molar-refractivity contribution < 1.29 is 9.59 Å². The summed E-state index contributed by atoms with van der Waals surface area (Å²) in [6.07, 6.45) is 3.15. The lowest BCUT2D eigenvalue weighted by Crippen LogP contribution is -2.46. The number of fused-ring (bicyclic) bond motifs is 1. The number of anilines is 2. The van der Waals surface area contributed by atoms with E-state index in [4.69, 9.17) is 0 Å². The van der Waals surface area contributed by atoms with Crippen LogP contribution in [0.2, 0.25) is 0 Å². The van der Waals surface area contributed by atoms with Gasteiger partial charge in [-0.05, 0) is 68.0 Å². The SMILES string of the molecule is C=C(C)CN1CCN(c2ccc(NC(=O)C(=O)c3c(C(C)C)cc4n3CCCC4)cc2)CC1. The molecule has 1 aromatic carbocycles. The monoisotopic (exact) mass is 448 g/mol. The van der Waals surface area contributed by atoms with Crippen LogP contribution in [0.15, 0.2) is 42.5 Å². The Labute approximate surface area is 197 Å². The molecule has 0 atom stereocenters. The smallest absolute Gasteiger partial charge is 0.298 e. The molecule has 1 fully saturated rings. The summed E-state index contributed by atoms with van der Waals surface area (Å²) in [4.78, 5) is 30.8. The van der Waals surface area contributed by atoms with E-state index < -0.39 is 11.7 Å². The van der Waals surface area contributed by atoms with Gasteiger partial charge in [-0.25, -0.2) is 0 Å². The van der Waals surface area contributed by atoms with Gasteiger partial charge in [-0.3, -0.25) is 14.5 Å². The third-order valence-electron chi connectivity index (χ3n) is 6.68. The molecule has 0 unspecified atom stereocenters. The number of rotatable bonds is 7. The lowest BCUT2D eigenvalue weighted by molar-refractivity contribution is -0.112. The summed E-state index contributed by atoms with van der Waals surface area (Å²) < 4.78 is 2.07. The summed E-state index contributed by atoms with van der Waals surface area (Å²) in [6.45, 7) is 16.0. The van der Waals surface area contributed by atoms with E-state index in [0.717, 1.165) is 69.8 Å². The maximum absolute atomic E-state index is 13.2. The molecule has 3 heterocycles. The summed E-state index contributed by atoms with van der Waals surface area (Å²) in [5.41, 5.74) is 5.70. The van der Waals surface area contributed by atoms with Crippen LogP contribution in [-0.4, -0.2) is 53.9 Å². The summed E-state index contributed by atoms with van der Waals surface area (Å²) >= 11 is 0. The van der Waals surface area contributed by atoms with Crippen molar-refractivity contribution in [2.45, 2.75) is 52.5 Å². The van der Waals surface area contributed by atoms with E-state index in [1.165, 1.54) is 11.3 Å². The molecule has 1 amide bonds. The van der Waals surface area contributed by atoms with Crippen LogP contribution in [0, 0.1) is 0 Å². The molecule has 33 heavy (non-hydrogen) atoms. The van der Waals surface area contributed by atoms with Gasteiger partial charge in [0, 0.05) is 56.3 Å². The largest absolute Gasteiger partial charge is 0.369 e. The van der Waals surface area contributed by atoms with Crippen LogP contribution in [0.25, 0.3) is 0 Å². The highest BCUT2D eigenvalue weighted by Crippen LogP contribution is 2.29. The fourth-order valence-corrected chi connectivity index (χ4v) is 4.95. The lowest BCUT2D eigenvalue weighted by Gasteiger charge is -2.36. The lowest BCUT2D eigenvalue weighted by atomic mass is 10.0. The molecule has 6 heteroatoms. The van der Waals surface area contributed by atoms with Crippen molar-refractivity contribution in [2.24, 2.45) is 0 Å². The molecule has 2 aliphatic rings. The fourth-order valence-electron chi connectivity index (χ4n) is 4.95. The number of nitrogens with zero attached hydrogens (tertiary/aromatic N) is 3. The minimum Gasteiger partial charge on any atom is -0.369 e. The zero-order valence-corrected chi connectivity index (χ0v) is 20.2. The predicted molar refractivity (Wildman–Crippen MR) is 134 cm³/mol. The van der Waals surface area contributed by atoms with Crippen molar-refractivity contribution in [3.8, 4) is 0 Å². The average molecular weight is 449 g/mol. The number of amides is 1. The van der Waals surface area contributed by atoms with Crippen molar-refractivity contribution in [3.05, 3.63) is 59.4 Å². The third kappa shape index (κ3) is 5.22. The molecule has 1 aromatic heterocycles. The Morgan fingerprint density at radius 2 is 1.73 bits per heavy atom. The first-order valence-corrected chi connectivity index (χ1v) is 12.1. The number of aromatic nitrogens is 1. The highest BCUT2D eigenvalue weighted by molar-refractivity contribution is 6.46. The maximum atomic E-state index is 13.2. The summed E-state index contributed by atoms with van der Waals surface area (Å²) in [6, 6.07) is 9.94. The Morgan fingerprint density at radius 3 is 2.36 bits per heavy atom. The predicted octanol–water partition coefficient (Wildman–Crippen LogP) is 4.47. The quantitative estimate of drug-likeness (QED) is 0.386. The van der Waals surface area contributed by atoms with Crippen LogP contribution >= 0.6 is 0 Å². The number of hydrogen-bond donors (Lipinski definition) is 1. The average Bonchev–Trinajstić information content (AvgIpc) is 3.19. The molecule has 0 bridgehead atoms. The van der Waals surface area contributed by atoms with Gasteiger partial charge in [0.05, 0.1) is 5.69 Å². The van der Waals surface area contributed by atoms with Crippen LogP contribution in [-0.2, 0) is 17.8 Å². The molecule has 0 aliphatic carbocycles. The van der Waals surface area contributed by atoms with Crippen molar-refractivity contribution >= 4 is 23.1 Å². The standard InChI is InChI=1S/C27H36N4O2/c1-19(2)18-29-13-15-30(16-14-29)22-10-8-21(9-11-22)28-27(33)26(32)25-24(20(3)4)17-23-7-5-6-12-31(23)25/h8-11,17,20H,1,5-7,12-16,18H2,2-4H3,(H,28,33).